The van der Waals surface area contributed by atoms with E-state index in [9.17, 15) is 13.2 Å². The van der Waals surface area contributed by atoms with Crippen LogP contribution in [-0.2, 0) is 11.7 Å². The van der Waals surface area contributed by atoms with E-state index in [0.717, 1.165) is 53.6 Å². The molecule has 0 amide bonds. The molecule has 156 valence electrons. The van der Waals surface area contributed by atoms with Gasteiger partial charge in [0.05, 0.1) is 22.1 Å². The van der Waals surface area contributed by atoms with Crippen molar-refractivity contribution in [1.82, 2.24) is 15.0 Å². The van der Waals surface area contributed by atoms with E-state index >= 15 is 0 Å². The second-order valence-electron chi connectivity index (χ2n) is 10.7. The second-order valence-corrected chi connectivity index (χ2v) is 15.6. The fraction of sp³-hybridized carbons (Fsp3) is 0.636. The zero-order valence-electron chi connectivity index (χ0n) is 17.3. The van der Waals surface area contributed by atoms with Crippen molar-refractivity contribution in [2.45, 2.75) is 69.9 Å². The first-order chi connectivity index (χ1) is 13.6. The molecule has 1 heterocycles. The topological polar surface area (TPSA) is 30.7 Å². The monoisotopic (exact) mass is 419 g/mol. The third kappa shape index (κ3) is 3.16. The van der Waals surface area contributed by atoms with Gasteiger partial charge in [-0.05, 0) is 68.4 Å². The molecule has 4 saturated carbocycles. The summed E-state index contributed by atoms with van der Waals surface area (Å²) in [5.74, 6) is 2.30. The first kappa shape index (κ1) is 19.3. The van der Waals surface area contributed by atoms with E-state index in [2.05, 4.69) is 29.4 Å². The zero-order valence-corrected chi connectivity index (χ0v) is 18.3. The average Bonchev–Trinajstić information content (AvgIpc) is 3.06. The molecule has 4 fully saturated rings. The van der Waals surface area contributed by atoms with Crippen LogP contribution in [0.25, 0.3) is 11.3 Å². The molecule has 0 radical (unpaired) electrons. The summed E-state index contributed by atoms with van der Waals surface area (Å²) in [6.07, 6.45) is 3.11. The van der Waals surface area contributed by atoms with Crippen molar-refractivity contribution in [1.29, 1.82) is 0 Å². The Balaban J connectivity index is 1.64. The summed E-state index contributed by atoms with van der Waals surface area (Å²) in [6, 6.07) is 5.62. The summed E-state index contributed by atoms with van der Waals surface area (Å²) in [5, 5.41) is 10.4. The number of alkyl halides is 3. The molecular weight excluding hydrogens is 391 g/mol. The maximum Gasteiger partial charge on any atom is 0.416 e. The van der Waals surface area contributed by atoms with Crippen LogP contribution in [0.15, 0.2) is 24.3 Å². The van der Waals surface area contributed by atoms with Crippen LogP contribution in [0.1, 0.15) is 44.1 Å². The number of hydrogen-bond acceptors (Lipinski definition) is 2. The molecule has 29 heavy (non-hydrogen) atoms. The molecule has 4 aliphatic rings. The van der Waals surface area contributed by atoms with Crippen molar-refractivity contribution in [2.75, 3.05) is 0 Å². The molecule has 0 spiro atoms. The number of benzene rings is 1. The van der Waals surface area contributed by atoms with E-state index < -0.39 is 19.8 Å². The minimum atomic E-state index is -4.32. The Morgan fingerprint density at radius 2 is 1.45 bits per heavy atom. The van der Waals surface area contributed by atoms with Crippen molar-refractivity contribution < 1.29 is 13.2 Å². The molecule has 0 aliphatic heterocycles. The molecule has 6 rings (SSSR count). The van der Waals surface area contributed by atoms with Crippen LogP contribution in [0.3, 0.4) is 0 Å². The highest BCUT2D eigenvalue weighted by Gasteiger charge is 2.53. The summed E-state index contributed by atoms with van der Waals surface area (Å²) in [4.78, 5) is 0. The van der Waals surface area contributed by atoms with Crippen LogP contribution in [0.4, 0.5) is 13.2 Å². The summed E-state index contributed by atoms with van der Waals surface area (Å²) in [5.41, 5.74) is 1.18. The van der Waals surface area contributed by atoms with Gasteiger partial charge in [0.25, 0.3) is 0 Å². The molecule has 3 nitrogen and oxygen atoms in total. The molecule has 0 unspecified atom stereocenters. The van der Waals surface area contributed by atoms with Gasteiger partial charge >= 0.3 is 6.18 Å². The maximum absolute atomic E-state index is 13.1. The number of halogens is 3. The minimum absolute atomic E-state index is 0.00230. The van der Waals surface area contributed by atoms with E-state index in [0.29, 0.717) is 0 Å². The van der Waals surface area contributed by atoms with Gasteiger partial charge in [-0.1, -0.05) is 37.0 Å². The van der Waals surface area contributed by atoms with Crippen molar-refractivity contribution in [2.24, 2.45) is 17.8 Å². The van der Waals surface area contributed by atoms with Crippen LogP contribution in [0.2, 0.25) is 19.6 Å². The van der Waals surface area contributed by atoms with E-state index in [4.69, 9.17) is 5.21 Å². The van der Waals surface area contributed by atoms with Crippen LogP contribution >= 0.6 is 0 Å². The molecule has 0 saturated heterocycles. The number of hydrogen-bond donors (Lipinski definition) is 0. The molecule has 4 aliphatic carbocycles. The van der Waals surface area contributed by atoms with Gasteiger partial charge in [-0.25, -0.2) is 4.68 Å². The first-order valence-corrected chi connectivity index (χ1v) is 14.2. The van der Waals surface area contributed by atoms with Crippen LogP contribution in [0, 0.1) is 17.8 Å². The second kappa shape index (κ2) is 6.19. The average molecular weight is 420 g/mol. The fourth-order valence-corrected chi connectivity index (χ4v) is 7.82. The predicted octanol–water partition coefficient (Wildman–Crippen LogP) is 5.43. The molecule has 4 bridgehead atoms. The van der Waals surface area contributed by atoms with Gasteiger partial charge in [0.15, 0.2) is 0 Å². The molecule has 0 atom stereocenters. The van der Waals surface area contributed by atoms with E-state index in [1.807, 2.05) is 0 Å². The Hall–Kier alpha value is -1.63. The van der Waals surface area contributed by atoms with Gasteiger partial charge in [-0.3, -0.25) is 0 Å². The molecule has 0 N–H and O–H groups in total. The summed E-state index contributed by atoms with van der Waals surface area (Å²) in [6.45, 7) is 6.69. The van der Waals surface area contributed by atoms with Gasteiger partial charge < -0.3 is 0 Å². The predicted molar refractivity (Wildman–Crippen MR) is 110 cm³/mol. The Labute approximate surface area is 170 Å². The van der Waals surface area contributed by atoms with Gasteiger partial charge in [0.1, 0.15) is 8.07 Å². The quantitative estimate of drug-likeness (QED) is 0.621. The molecule has 1 aromatic carbocycles. The number of aromatic nitrogens is 3. The number of rotatable bonds is 3. The first-order valence-electron chi connectivity index (χ1n) is 10.7. The van der Waals surface area contributed by atoms with Crippen molar-refractivity contribution in [3.63, 3.8) is 0 Å². The standard InChI is InChI=1S/C22H28F3N3Si/c1-29(2,3)20-19(17-4-6-18(7-5-17)22(23,24)25)28(27-26-20)21-11-14-8-15(12-21)10-16(9-14)13-21/h4-7,14-16H,8-13H2,1-3H3. The Morgan fingerprint density at radius 3 is 1.90 bits per heavy atom. The zero-order chi connectivity index (χ0) is 20.6. The van der Waals surface area contributed by atoms with Gasteiger partial charge in [0.2, 0.25) is 0 Å². The van der Waals surface area contributed by atoms with E-state index in [-0.39, 0.29) is 5.54 Å². The van der Waals surface area contributed by atoms with Gasteiger partial charge in [0, 0.05) is 5.56 Å². The molecule has 7 heteroatoms. The normalized spacial score (nSPS) is 31.4. The Bertz CT molecular complexity index is 889. The van der Waals surface area contributed by atoms with Crippen molar-refractivity contribution in [3.05, 3.63) is 29.8 Å². The Kier molecular flexibility index (Phi) is 4.13. The molecule has 2 aromatic rings. The largest absolute Gasteiger partial charge is 0.416 e. The smallest absolute Gasteiger partial charge is 0.239 e. The summed E-state index contributed by atoms with van der Waals surface area (Å²) >= 11 is 0. The van der Waals surface area contributed by atoms with E-state index in [1.165, 1.54) is 31.4 Å². The highest BCUT2D eigenvalue weighted by Crippen LogP contribution is 2.59. The van der Waals surface area contributed by atoms with Gasteiger partial charge in [-0.2, -0.15) is 13.2 Å². The lowest BCUT2D eigenvalue weighted by Crippen LogP contribution is -2.52. The highest BCUT2D eigenvalue weighted by molar-refractivity contribution is 6.89. The summed E-state index contributed by atoms with van der Waals surface area (Å²) < 4.78 is 41.4. The van der Waals surface area contributed by atoms with Crippen molar-refractivity contribution >= 4 is 13.4 Å². The third-order valence-corrected chi connectivity index (χ3v) is 9.08. The van der Waals surface area contributed by atoms with Crippen molar-refractivity contribution in [3.8, 4) is 11.3 Å². The lowest BCUT2D eigenvalue weighted by atomic mass is 9.53. The lowest BCUT2D eigenvalue weighted by molar-refractivity contribution is -0.137. The van der Waals surface area contributed by atoms with Crippen LogP contribution in [-0.4, -0.2) is 23.1 Å². The molecule has 1 aromatic heterocycles. The highest BCUT2D eigenvalue weighted by atomic mass is 28.3. The van der Waals surface area contributed by atoms with Gasteiger partial charge in [-0.15, -0.1) is 5.10 Å². The SMILES string of the molecule is C[Si](C)(C)c1nnn(C23CC4CC(CC(C4)C2)C3)c1-c1ccc(C(F)(F)F)cc1. The number of nitrogens with zero attached hydrogens (tertiary/aromatic N) is 3. The lowest BCUT2D eigenvalue weighted by Gasteiger charge is -2.56. The Morgan fingerprint density at radius 1 is 0.931 bits per heavy atom. The van der Waals surface area contributed by atoms with Crippen LogP contribution < -0.4 is 5.32 Å². The maximum atomic E-state index is 13.1. The van der Waals surface area contributed by atoms with Crippen LogP contribution in [0.5, 0.6) is 0 Å². The fourth-order valence-electron chi connectivity index (χ4n) is 6.52. The van der Waals surface area contributed by atoms with E-state index in [1.54, 1.807) is 12.1 Å². The summed E-state index contributed by atoms with van der Waals surface area (Å²) in [7, 11) is -1.82. The molecular formula is C22H28F3N3Si. The minimum Gasteiger partial charge on any atom is -0.239 e. The third-order valence-electron chi connectivity index (χ3n) is 7.32.